The maximum Gasteiger partial charge on any atom is 0.501 e. The van der Waals surface area contributed by atoms with Gasteiger partial charge in [-0.1, -0.05) is 28.1 Å². The average Bonchev–Trinajstić information content (AvgIpc) is 2.26. The zero-order chi connectivity index (χ0) is 13.3. The van der Waals surface area contributed by atoms with Crippen LogP contribution >= 0.6 is 15.9 Å². The quantitative estimate of drug-likeness (QED) is 0.632. The molecule has 1 aromatic rings. The number of carbonyl (C=O) groups excluding carboxylic acids is 1. The van der Waals surface area contributed by atoms with Crippen molar-refractivity contribution in [3.63, 3.8) is 0 Å². The molecule has 0 unspecified atom stereocenters. The van der Waals surface area contributed by atoms with Crippen molar-refractivity contribution >= 4 is 31.6 Å². The van der Waals surface area contributed by atoms with Gasteiger partial charge in [-0.2, -0.15) is 13.2 Å². The van der Waals surface area contributed by atoms with Gasteiger partial charge in [-0.15, -0.1) is 0 Å². The highest BCUT2D eigenvalue weighted by molar-refractivity contribution is 9.09. The molecule has 0 saturated carbocycles. The topological polar surface area (TPSA) is 51.2 Å². The predicted octanol–water partition coefficient (Wildman–Crippen LogP) is 2.56. The van der Waals surface area contributed by atoms with E-state index >= 15 is 0 Å². The largest absolute Gasteiger partial charge is 0.501 e. The minimum atomic E-state index is -5.35. The van der Waals surface area contributed by atoms with Crippen molar-refractivity contribution in [2.24, 2.45) is 0 Å². The number of ketones is 1. The van der Waals surface area contributed by atoms with Gasteiger partial charge in [-0.3, -0.25) is 4.79 Å². The molecule has 0 fully saturated rings. The maximum atomic E-state index is 12.2. The van der Waals surface area contributed by atoms with Crippen molar-refractivity contribution < 1.29 is 26.4 Å². The number of hydrogen-bond acceptors (Lipinski definition) is 3. The molecule has 0 amide bonds. The lowest BCUT2D eigenvalue weighted by Gasteiger charge is -2.08. The normalized spacial score (nSPS) is 12.5. The Kier molecular flexibility index (Phi) is 3.98. The SMILES string of the molecule is O=C(CBr)c1ccc(S(=O)(=O)C(F)(F)F)cc1. The Hall–Kier alpha value is -0.890. The molecule has 0 aliphatic heterocycles. The van der Waals surface area contributed by atoms with Crippen LogP contribution in [0.4, 0.5) is 13.2 Å². The number of Topliss-reactive ketones (excluding diaryl/α,β-unsaturated/α-hetero) is 1. The van der Waals surface area contributed by atoms with E-state index in [0.29, 0.717) is 0 Å². The minimum Gasteiger partial charge on any atom is -0.293 e. The molecule has 0 aliphatic rings. The van der Waals surface area contributed by atoms with Crippen LogP contribution in [0.3, 0.4) is 0 Å². The summed E-state index contributed by atoms with van der Waals surface area (Å²) >= 11 is 2.89. The highest BCUT2D eigenvalue weighted by atomic mass is 79.9. The van der Waals surface area contributed by atoms with Crippen LogP contribution in [0.2, 0.25) is 0 Å². The Labute approximate surface area is 104 Å². The molecule has 0 bridgehead atoms. The zero-order valence-electron chi connectivity index (χ0n) is 8.16. The van der Waals surface area contributed by atoms with Crippen LogP contribution in [0.25, 0.3) is 0 Å². The average molecular weight is 331 g/mol. The zero-order valence-corrected chi connectivity index (χ0v) is 10.6. The summed E-state index contributed by atoms with van der Waals surface area (Å²) in [5.74, 6) is -0.346. The Morgan fingerprint density at radius 2 is 1.65 bits per heavy atom. The Morgan fingerprint density at radius 1 is 1.18 bits per heavy atom. The van der Waals surface area contributed by atoms with Crippen molar-refractivity contribution in [1.29, 1.82) is 0 Å². The van der Waals surface area contributed by atoms with E-state index in [-0.39, 0.29) is 16.7 Å². The van der Waals surface area contributed by atoms with Gasteiger partial charge in [0.2, 0.25) is 0 Å². The molecule has 17 heavy (non-hydrogen) atoms. The second kappa shape index (κ2) is 4.77. The number of rotatable bonds is 3. The van der Waals surface area contributed by atoms with E-state index < -0.39 is 20.2 Å². The minimum absolute atomic E-state index is 0.0123. The summed E-state index contributed by atoms with van der Waals surface area (Å²) in [6.45, 7) is 0. The van der Waals surface area contributed by atoms with Crippen molar-refractivity contribution in [1.82, 2.24) is 0 Å². The highest BCUT2D eigenvalue weighted by Gasteiger charge is 2.46. The molecule has 94 valence electrons. The number of alkyl halides is 4. The van der Waals surface area contributed by atoms with Crippen LogP contribution in [0.1, 0.15) is 10.4 Å². The van der Waals surface area contributed by atoms with E-state index in [1.165, 1.54) is 0 Å². The first-order chi connectivity index (χ1) is 7.70. The first kappa shape index (κ1) is 14.2. The van der Waals surface area contributed by atoms with Crippen molar-refractivity contribution in [3.8, 4) is 0 Å². The van der Waals surface area contributed by atoms with Crippen LogP contribution in [0.5, 0.6) is 0 Å². The van der Waals surface area contributed by atoms with Crippen LogP contribution in [-0.4, -0.2) is 25.0 Å². The molecule has 1 aromatic carbocycles. The molecule has 0 N–H and O–H groups in total. The summed E-state index contributed by atoms with van der Waals surface area (Å²) in [7, 11) is -5.35. The second-order valence-electron chi connectivity index (χ2n) is 3.03. The summed E-state index contributed by atoms with van der Waals surface area (Å²) in [5, 5.41) is 0.0123. The maximum absolute atomic E-state index is 12.2. The Morgan fingerprint density at radius 3 is 2.00 bits per heavy atom. The molecule has 3 nitrogen and oxygen atoms in total. The number of hydrogen-bond donors (Lipinski definition) is 0. The van der Waals surface area contributed by atoms with Gasteiger partial charge in [0.05, 0.1) is 10.2 Å². The molecule has 0 spiro atoms. The summed E-state index contributed by atoms with van der Waals surface area (Å²) in [4.78, 5) is 10.3. The van der Waals surface area contributed by atoms with Crippen LogP contribution < -0.4 is 0 Å². The predicted molar refractivity (Wildman–Crippen MR) is 57.8 cm³/mol. The van der Waals surface area contributed by atoms with Crippen LogP contribution in [0.15, 0.2) is 29.2 Å². The van der Waals surface area contributed by atoms with Gasteiger partial charge in [0.15, 0.2) is 5.78 Å². The first-order valence-corrected chi connectivity index (χ1v) is 6.81. The fraction of sp³-hybridized carbons (Fsp3) is 0.222. The number of sulfone groups is 1. The second-order valence-corrected chi connectivity index (χ2v) is 5.53. The third kappa shape index (κ3) is 2.86. The molecular weight excluding hydrogens is 325 g/mol. The Balaban J connectivity index is 3.17. The lowest BCUT2D eigenvalue weighted by Crippen LogP contribution is -2.23. The first-order valence-electron chi connectivity index (χ1n) is 4.20. The fourth-order valence-electron chi connectivity index (χ4n) is 1.03. The third-order valence-electron chi connectivity index (χ3n) is 1.91. The van der Waals surface area contributed by atoms with Gasteiger partial charge in [0.25, 0.3) is 9.84 Å². The van der Waals surface area contributed by atoms with E-state index in [1.54, 1.807) is 0 Å². The molecule has 8 heteroatoms. The molecule has 0 saturated heterocycles. The van der Waals surface area contributed by atoms with Crippen LogP contribution in [0, 0.1) is 0 Å². The summed E-state index contributed by atoms with van der Waals surface area (Å²) in [6.07, 6.45) is 0. The number of carbonyl (C=O) groups is 1. The molecule has 1 rings (SSSR count). The van der Waals surface area contributed by atoms with Crippen molar-refractivity contribution in [2.45, 2.75) is 10.4 Å². The van der Waals surface area contributed by atoms with E-state index in [1.807, 2.05) is 0 Å². The smallest absolute Gasteiger partial charge is 0.293 e. The monoisotopic (exact) mass is 330 g/mol. The number of halogens is 4. The van der Waals surface area contributed by atoms with Gasteiger partial charge in [-0.05, 0) is 12.1 Å². The number of benzene rings is 1. The van der Waals surface area contributed by atoms with Gasteiger partial charge >= 0.3 is 5.51 Å². The van der Waals surface area contributed by atoms with E-state index in [0.717, 1.165) is 24.3 Å². The Bertz CT molecular complexity index is 519. The van der Waals surface area contributed by atoms with Gasteiger partial charge in [0.1, 0.15) is 0 Å². The van der Waals surface area contributed by atoms with Gasteiger partial charge in [-0.25, -0.2) is 8.42 Å². The van der Waals surface area contributed by atoms with E-state index in [2.05, 4.69) is 15.9 Å². The summed E-state index contributed by atoms with van der Waals surface area (Å²) in [6, 6.07) is 3.61. The van der Waals surface area contributed by atoms with Crippen LogP contribution in [-0.2, 0) is 9.84 Å². The lowest BCUT2D eigenvalue weighted by atomic mass is 10.2. The summed E-state index contributed by atoms with van der Waals surface area (Å²) < 4.78 is 58.5. The highest BCUT2D eigenvalue weighted by Crippen LogP contribution is 2.30. The van der Waals surface area contributed by atoms with Gasteiger partial charge in [0, 0.05) is 5.56 Å². The van der Waals surface area contributed by atoms with Crippen molar-refractivity contribution in [2.75, 3.05) is 5.33 Å². The standard InChI is InChI=1S/C9H6BrF3O3S/c10-5-8(14)6-1-3-7(4-2-6)17(15,16)9(11,12)13/h1-4H,5H2. The molecule has 0 atom stereocenters. The van der Waals surface area contributed by atoms with E-state index in [4.69, 9.17) is 0 Å². The lowest BCUT2D eigenvalue weighted by molar-refractivity contribution is -0.0436. The van der Waals surface area contributed by atoms with Gasteiger partial charge < -0.3 is 0 Å². The fourth-order valence-corrected chi connectivity index (χ4v) is 2.12. The molecule has 0 aliphatic carbocycles. The molecular formula is C9H6BrF3O3S. The molecule has 0 radical (unpaired) electrons. The van der Waals surface area contributed by atoms with E-state index in [9.17, 15) is 26.4 Å². The third-order valence-corrected chi connectivity index (χ3v) is 3.92. The molecule has 0 heterocycles. The summed E-state index contributed by atoms with van der Waals surface area (Å²) in [5.41, 5.74) is -5.20. The molecule has 0 aromatic heterocycles. The van der Waals surface area contributed by atoms with Crippen molar-refractivity contribution in [3.05, 3.63) is 29.8 Å².